The topological polar surface area (TPSA) is 68.3 Å². The first-order chi connectivity index (χ1) is 14.0. The number of piperidine rings is 1. The largest absolute Gasteiger partial charge is 0.493 e. The third kappa shape index (κ3) is 5.41. The van der Waals surface area contributed by atoms with Gasteiger partial charge in [-0.1, -0.05) is 12.8 Å². The molecule has 2 aliphatic rings. The van der Waals surface area contributed by atoms with Crippen LogP contribution in [0.5, 0.6) is 11.5 Å². The Morgan fingerprint density at radius 2 is 1.86 bits per heavy atom. The number of esters is 1. The highest BCUT2D eigenvalue weighted by Crippen LogP contribution is 2.32. The molecule has 1 saturated heterocycles. The summed E-state index contributed by atoms with van der Waals surface area (Å²) in [5, 5.41) is 0. The van der Waals surface area contributed by atoms with Gasteiger partial charge in [0, 0.05) is 25.2 Å². The molecule has 3 rings (SSSR count). The fraction of sp³-hybridized carbons (Fsp3) is 0.636. The molecule has 1 heterocycles. The Morgan fingerprint density at radius 3 is 2.55 bits per heavy atom. The van der Waals surface area contributed by atoms with Gasteiger partial charge < -0.3 is 19.1 Å². The Kier molecular flexibility index (Phi) is 7.36. The molecule has 7 heteroatoms. The van der Waals surface area contributed by atoms with Gasteiger partial charge in [-0.25, -0.2) is 0 Å². The summed E-state index contributed by atoms with van der Waals surface area (Å²) in [5.74, 6) is 0.445. The Labute approximate surface area is 172 Å². The average Bonchev–Trinajstić information content (AvgIpc) is 3.28. The Hall–Kier alpha value is -2.28. The number of carbonyl (C=O) groups is 2. The summed E-state index contributed by atoms with van der Waals surface area (Å²) in [6.45, 7) is 1.99. The maximum absolute atomic E-state index is 12.6. The van der Waals surface area contributed by atoms with Crippen molar-refractivity contribution in [1.29, 1.82) is 0 Å². The lowest BCUT2D eigenvalue weighted by molar-refractivity contribution is -0.141. The zero-order valence-corrected chi connectivity index (χ0v) is 17.7. The molecule has 1 aromatic rings. The minimum absolute atomic E-state index is 0.102. The quantitative estimate of drug-likeness (QED) is 0.651. The molecule has 0 N–H and O–H groups in total. The van der Waals surface area contributed by atoms with Crippen molar-refractivity contribution in [2.75, 3.05) is 40.9 Å². The number of hydrogen-bond acceptors (Lipinski definition) is 6. The molecule has 1 saturated carbocycles. The van der Waals surface area contributed by atoms with Crippen LogP contribution >= 0.6 is 0 Å². The molecule has 2 fully saturated rings. The van der Waals surface area contributed by atoms with Crippen LogP contribution in [0.2, 0.25) is 0 Å². The second-order valence-electron chi connectivity index (χ2n) is 7.92. The van der Waals surface area contributed by atoms with E-state index in [4.69, 9.17) is 9.47 Å². The molecule has 1 amide bonds. The number of likely N-dealkylation sites (N-methyl/N-ethyl adjacent to an activating group) is 1. The van der Waals surface area contributed by atoms with Gasteiger partial charge in [0.2, 0.25) is 0 Å². The van der Waals surface area contributed by atoms with E-state index in [1.54, 1.807) is 32.4 Å². The molecule has 1 unspecified atom stereocenters. The van der Waals surface area contributed by atoms with E-state index in [1.807, 2.05) is 0 Å². The number of hydrogen-bond donors (Lipinski definition) is 0. The van der Waals surface area contributed by atoms with Crippen molar-refractivity contribution in [2.45, 2.75) is 50.7 Å². The van der Waals surface area contributed by atoms with Gasteiger partial charge in [-0.05, 0) is 50.4 Å². The van der Waals surface area contributed by atoms with Gasteiger partial charge in [-0.3, -0.25) is 14.5 Å². The summed E-state index contributed by atoms with van der Waals surface area (Å²) in [4.78, 5) is 27.9. The van der Waals surface area contributed by atoms with Gasteiger partial charge in [0.25, 0.3) is 5.91 Å². The summed E-state index contributed by atoms with van der Waals surface area (Å²) < 4.78 is 16.4. The first-order valence-electron chi connectivity index (χ1n) is 10.4. The normalized spacial score (nSPS) is 20.3. The lowest BCUT2D eigenvalue weighted by atomic mass is 10.0. The monoisotopic (exact) mass is 404 g/mol. The summed E-state index contributed by atoms with van der Waals surface area (Å²) in [5.41, 5.74) is 0.442. The third-order valence-electron chi connectivity index (χ3n) is 5.90. The lowest BCUT2D eigenvalue weighted by Crippen LogP contribution is -2.45. The van der Waals surface area contributed by atoms with Crippen LogP contribution in [0.4, 0.5) is 0 Å². The van der Waals surface area contributed by atoms with Crippen LogP contribution in [0.1, 0.15) is 48.9 Å². The van der Waals surface area contributed by atoms with Crippen molar-refractivity contribution in [2.24, 2.45) is 0 Å². The molecule has 0 bridgehead atoms. The van der Waals surface area contributed by atoms with E-state index in [9.17, 15) is 9.59 Å². The van der Waals surface area contributed by atoms with E-state index in [1.165, 1.54) is 37.7 Å². The summed E-state index contributed by atoms with van der Waals surface area (Å²) in [6.07, 6.45) is 7.55. The molecule has 1 aliphatic carbocycles. The van der Waals surface area contributed by atoms with Crippen LogP contribution in [0.15, 0.2) is 18.2 Å². The van der Waals surface area contributed by atoms with Crippen LogP contribution < -0.4 is 9.47 Å². The standard InChI is InChI=1S/C22H32N2O5/c1-23(15-21(25)28-3)22(26)16-10-11-19(20(13-16)27-2)29-18-9-6-12-24(14-18)17-7-4-5-8-17/h10-11,13,17-18H,4-9,12,14-15H2,1-3H3. The molecule has 1 aromatic carbocycles. The van der Waals surface area contributed by atoms with Gasteiger partial charge in [-0.2, -0.15) is 0 Å². The summed E-state index contributed by atoms with van der Waals surface area (Å²) in [7, 11) is 4.44. The molecule has 160 valence electrons. The number of ether oxygens (including phenoxy) is 3. The van der Waals surface area contributed by atoms with Crippen molar-refractivity contribution in [1.82, 2.24) is 9.80 Å². The molecule has 29 heavy (non-hydrogen) atoms. The smallest absolute Gasteiger partial charge is 0.325 e. The molecule has 1 aliphatic heterocycles. The second kappa shape index (κ2) is 9.96. The van der Waals surface area contributed by atoms with Gasteiger partial charge in [0.15, 0.2) is 11.5 Å². The van der Waals surface area contributed by atoms with E-state index >= 15 is 0 Å². The lowest BCUT2D eigenvalue weighted by Gasteiger charge is -2.36. The molecule has 7 nitrogen and oxygen atoms in total. The van der Waals surface area contributed by atoms with Crippen molar-refractivity contribution >= 4 is 11.9 Å². The van der Waals surface area contributed by atoms with Crippen LogP contribution in [-0.2, 0) is 9.53 Å². The van der Waals surface area contributed by atoms with E-state index in [-0.39, 0.29) is 18.6 Å². The van der Waals surface area contributed by atoms with Crippen LogP contribution in [-0.4, -0.2) is 74.7 Å². The van der Waals surface area contributed by atoms with Gasteiger partial charge >= 0.3 is 5.97 Å². The molecular weight excluding hydrogens is 372 g/mol. The van der Waals surface area contributed by atoms with Crippen LogP contribution in [0.3, 0.4) is 0 Å². The fourth-order valence-corrected chi connectivity index (χ4v) is 4.29. The highest BCUT2D eigenvalue weighted by Gasteiger charge is 2.29. The summed E-state index contributed by atoms with van der Waals surface area (Å²) >= 11 is 0. The predicted octanol–water partition coefficient (Wildman–Crippen LogP) is 2.73. The van der Waals surface area contributed by atoms with E-state index in [0.29, 0.717) is 23.1 Å². The van der Waals surface area contributed by atoms with Crippen LogP contribution in [0.25, 0.3) is 0 Å². The Bertz CT molecular complexity index is 717. The molecular formula is C22H32N2O5. The predicted molar refractivity (Wildman–Crippen MR) is 109 cm³/mol. The van der Waals surface area contributed by atoms with Gasteiger partial charge in [0.1, 0.15) is 12.6 Å². The van der Waals surface area contributed by atoms with E-state index in [0.717, 1.165) is 25.9 Å². The van der Waals surface area contributed by atoms with Gasteiger partial charge in [-0.15, -0.1) is 0 Å². The Balaban J connectivity index is 1.65. The van der Waals surface area contributed by atoms with Crippen molar-refractivity contribution in [3.05, 3.63) is 23.8 Å². The van der Waals surface area contributed by atoms with Crippen molar-refractivity contribution in [3.8, 4) is 11.5 Å². The first-order valence-corrected chi connectivity index (χ1v) is 10.4. The summed E-state index contributed by atoms with van der Waals surface area (Å²) in [6, 6.07) is 5.87. The van der Waals surface area contributed by atoms with Crippen molar-refractivity contribution < 1.29 is 23.8 Å². The number of rotatable bonds is 7. The van der Waals surface area contributed by atoms with Crippen molar-refractivity contribution in [3.63, 3.8) is 0 Å². The minimum atomic E-state index is -0.461. The molecule has 0 radical (unpaired) electrons. The van der Waals surface area contributed by atoms with Crippen LogP contribution in [0, 0.1) is 0 Å². The number of amides is 1. The third-order valence-corrected chi connectivity index (χ3v) is 5.90. The number of methoxy groups -OCH3 is 2. The fourth-order valence-electron chi connectivity index (χ4n) is 4.29. The SMILES string of the molecule is COC(=O)CN(C)C(=O)c1ccc(OC2CCCN(C3CCCC3)C2)c(OC)c1. The number of nitrogens with zero attached hydrogens (tertiary/aromatic N) is 2. The zero-order chi connectivity index (χ0) is 20.8. The number of benzene rings is 1. The molecule has 1 atom stereocenters. The Morgan fingerprint density at radius 1 is 1.10 bits per heavy atom. The maximum atomic E-state index is 12.6. The second-order valence-corrected chi connectivity index (χ2v) is 7.92. The molecule has 0 aromatic heterocycles. The highest BCUT2D eigenvalue weighted by atomic mass is 16.5. The minimum Gasteiger partial charge on any atom is -0.493 e. The maximum Gasteiger partial charge on any atom is 0.325 e. The zero-order valence-electron chi connectivity index (χ0n) is 17.7. The van der Waals surface area contributed by atoms with Gasteiger partial charge in [0.05, 0.1) is 14.2 Å². The van der Waals surface area contributed by atoms with E-state index in [2.05, 4.69) is 9.64 Å². The first kappa shape index (κ1) is 21.4. The highest BCUT2D eigenvalue weighted by molar-refractivity contribution is 5.96. The van der Waals surface area contributed by atoms with E-state index < -0.39 is 5.97 Å². The number of carbonyl (C=O) groups excluding carboxylic acids is 2. The number of likely N-dealkylation sites (tertiary alicyclic amines) is 1. The molecule has 0 spiro atoms. The average molecular weight is 405 g/mol.